The van der Waals surface area contributed by atoms with Crippen LogP contribution in [0.4, 0.5) is 0 Å². The summed E-state index contributed by atoms with van der Waals surface area (Å²) < 4.78 is 4.67. The van der Waals surface area contributed by atoms with Crippen LogP contribution in [-0.4, -0.2) is 15.0 Å². The largest absolute Gasteiger partial charge is 0.309 e. The SMILES string of the molecule is N=C1C=CC=C/C1=C(/Nn1c2ccccc2c2c3c4ccccc4n(-c4ccccc4)c3c3ccccc3c21)c1ccccc1. The molecule has 9 rings (SSSR count). The molecule has 2 aromatic heterocycles. The number of nitrogens with zero attached hydrogens (tertiary/aromatic N) is 2. The first-order valence-corrected chi connectivity index (χ1v) is 15.2. The number of hydrogen-bond acceptors (Lipinski definition) is 2. The van der Waals surface area contributed by atoms with Crippen LogP contribution in [-0.2, 0) is 0 Å². The molecule has 0 saturated carbocycles. The number of nitrogens with one attached hydrogen (secondary N) is 2. The summed E-state index contributed by atoms with van der Waals surface area (Å²) in [5, 5.41) is 16.0. The third kappa shape index (κ3) is 3.76. The molecule has 4 heteroatoms. The maximum Gasteiger partial charge on any atom is 0.0796 e. The first-order valence-electron chi connectivity index (χ1n) is 15.2. The molecule has 6 aromatic carbocycles. The highest BCUT2D eigenvalue weighted by Crippen LogP contribution is 2.46. The first-order chi connectivity index (χ1) is 22.3. The van der Waals surface area contributed by atoms with E-state index in [9.17, 15) is 0 Å². The van der Waals surface area contributed by atoms with Crippen LogP contribution in [0.2, 0.25) is 0 Å². The normalized spacial score (nSPS) is 14.4. The van der Waals surface area contributed by atoms with Crippen molar-refractivity contribution in [3.05, 3.63) is 169 Å². The van der Waals surface area contributed by atoms with Crippen LogP contribution in [0.15, 0.2) is 163 Å². The van der Waals surface area contributed by atoms with Crippen molar-refractivity contribution in [2.24, 2.45) is 0 Å². The molecule has 1 aliphatic rings. The Morgan fingerprint density at radius 3 is 1.76 bits per heavy atom. The zero-order chi connectivity index (χ0) is 29.9. The molecule has 0 amide bonds. The second kappa shape index (κ2) is 9.97. The summed E-state index contributed by atoms with van der Waals surface area (Å²) in [6, 6.07) is 47.2. The highest BCUT2D eigenvalue weighted by Gasteiger charge is 2.24. The van der Waals surface area contributed by atoms with Crippen molar-refractivity contribution in [2.75, 3.05) is 5.43 Å². The fraction of sp³-hybridized carbons (Fsp3) is 0. The predicted molar refractivity (Wildman–Crippen MR) is 190 cm³/mol. The quantitative estimate of drug-likeness (QED) is 0.215. The van der Waals surface area contributed by atoms with Crippen LogP contribution in [0.1, 0.15) is 5.56 Å². The summed E-state index contributed by atoms with van der Waals surface area (Å²) >= 11 is 0. The van der Waals surface area contributed by atoms with E-state index in [-0.39, 0.29) is 0 Å². The number of allylic oxidation sites excluding steroid dienone is 5. The van der Waals surface area contributed by atoms with Gasteiger partial charge < -0.3 is 9.98 Å². The van der Waals surface area contributed by atoms with Crippen LogP contribution in [0.5, 0.6) is 0 Å². The highest BCUT2D eigenvalue weighted by atomic mass is 15.4. The Labute approximate surface area is 259 Å². The molecule has 8 aromatic rings. The summed E-state index contributed by atoms with van der Waals surface area (Å²) in [5.74, 6) is 0. The average Bonchev–Trinajstić information content (AvgIpc) is 3.62. The van der Waals surface area contributed by atoms with Gasteiger partial charge in [-0.2, -0.15) is 0 Å². The smallest absolute Gasteiger partial charge is 0.0796 e. The van der Waals surface area contributed by atoms with Crippen LogP contribution in [0.3, 0.4) is 0 Å². The van der Waals surface area contributed by atoms with Crippen LogP contribution < -0.4 is 5.43 Å². The second-order valence-corrected chi connectivity index (χ2v) is 11.4. The van der Waals surface area contributed by atoms with Gasteiger partial charge in [0.05, 0.1) is 33.5 Å². The first kappa shape index (κ1) is 25.4. The molecule has 0 fully saturated rings. The fourth-order valence-corrected chi connectivity index (χ4v) is 7.05. The molecular weight excluding hydrogens is 548 g/mol. The molecule has 4 nitrogen and oxygen atoms in total. The summed E-state index contributed by atoms with van der Waals surface area (Å²) in [6.45, 7) is 0. The Morgan fingerprint density at radius 1 is 0.511 bits per heavy atom. The average molecular weight is 577 g/mol. The lowest BCUT2D eigenvalue weighted by molar-refractivity contribution is 1.07. The van der Waals surface area contributed by atoms with Crippen molar-refractivity contribution in [3.63, 3.8) is 0 Å². The van der Waals surface area contributed by atoms with E-state index in [1.54, 1.807) is 0 Å². The van der Waals surface area contributed by atoms with Gasteiger partial charge in [-0.1, -0.05) is 127 Å². The van der Waals surface area contributed by atoms with Gasteiger partial charge in [-0.3, -0.25) is 10.1 Å². The summed E-state index contributed by atoms with van der Waals surface area (Å²) in [6.07, 6.45) is 7.79. The van der Waals surface area contributed by atoms with Crippen molar-refractivity contribution < 1.29 is 0 Å². The van der Waals surface area contributed by atoms with Crippen LogP contribution in [0, 0.1) is 5.41 Å². The zero-order valence-corrected chi connectivity index (χ0v) is 24.4. The van der Waals surface area contributed by atoms with Gasteiger partial charge >= 0.3 is 0 Å². The van der Waals surface area contributed by atoms with E-state index in [0.717, 1.165) is 38.9 Å². The molecule has 2 N–H and O–H groups in total. The van der Waals surface area contributed by atoms with E-state index in [0.29, 0.717) is 5.71 Å². The number of benzene rings is 6. The van der Waals surface area contributed by atoms with Crippen molar-refractivity contribution in [3.8, 4) is 5.69 Å². The third-order valence-corrected chi connectivity index (χ3v) is 8.93. The third-order valence-electron chi connectivity index (χ3n) is 8.93. The summed E-state index contributed by atoms with van der Waals surface area (Å²) in [4.78, 5) is 0. The lowest BCUT2D eigenvalue weighted by Crippen LogP contribution is -2.17. The molecule has 0 saturated heterocycles. The number of aromatic nitrogens is 2. The number of para-hydroxylation sites is 3. The van der Waals surface area contributed by atoms with Gasteiger partial charge in [0.2, 0.25) is 0 Å². The molecule has 1 aliphatic carbocycles. The van der Waals surface area contributed by atoms with Crippen molar-refractivity contribution in [1.29, 1.82) is 5.41 Å². The lowest BCUT2D eigenvalue weighted by atomic mass is 9.99. The van der Waals surface area contributed by atoms with Gasteiger partial charge in [0, 0.05) is 49.1 Å². The predicted octanol–water partition coefficient (Wildman–Crippen LogP) is 10.1. The molecule has 0 atom stereocenters. The molecule has 212 valence electrons. The van der Waals surface area contributed by atoms with Crippen molar-refractivity contribution in [2.45, 2.75) is 0 Å². The van der Waals surface area contributed by atoms with Gasteiger partial charge in [0.25, 0.3) is 0 Å². The van der Waals surface area contributed by atoms with E-state index in [4.69, 9.17) is 5.41 Å². The van der Waals surface area contributed by atoms with E-state index < -0.39 is 0 Å². The Hall–Kier alpha value is -6.13. The van der Waals surface area contributed by atoms with Gasteiger partial charge in [0.1, 0.15) is 0 Å². The fourth-order valence-electron chi connectivity index (χ4n) is 7.05. The molecule has 45 heavy (non-hydrogen) atoms. The topological polar surface area (TPSA) is 45.7 Å². The molecular formula is C41H28N4. The van der Waals surface area contributed by atoms with Crippen LogP contribution in [0.25, 0.3) is 65.8 Å². The second-order valence-electron chi connectivity index (χ2n) is 11.4. The molecule has 0 bridgehead atoms. The molecule has 0 unspecified atom stereocenters. The number of rotatable bonds is 4. The van der Waals surface area contributed by atoms with E-state index in [2.05, 4.69) is 130 Å². The van der Waals surface area contributed by atoms with Crippen LogP contribution >= 0.6 is 0 Å². The zero-order valence-electron chi connectivity index (χ0n) is 24.4. The maximum absolute atomic E-state index is 8.85. The highest BCUT2D eigenvalue weighted by molar-refractivity contribution is 6.37. The van der Waals surface area contributed by atoms with Gasteiger partial charge in [-0.25, -0.2) is 0 Å². The van der Waals surface area contributed by atoms with E-state index in [1.807, 2.05) is 42.5 Å². The minimum Gasteiger partial charge on any atom is -0.309 e. The lowest BCUT2D eigenvalue weighted by Gasteiger charge is -2.20. The molecule has 0 spiro atoms. The van der Waals surface area contributed by atoms with Gasteiger partial charge in [0.15, 0.2) is 0 Å². The molecule has 0 aliphatic heterocycles. The van der Waals surface area contributed by atoms with Gasteiger partial charge in [-0.15, -0.1) is 0 Å². The standard InChI is InChI=1S/C41H28N4/c42-34-24-12-9-21-31(34)39(27-15-3-1-4-16-27)43-45-36-26-14-11-23-33(36)38-37-32-22-10-13-25-35(32)44(28-17-5-2-6-18-28)40(37)29-19-7-8-20-30(29)41(38)45/h1-26,42-43H/b39-31-,42-34?. The minimum atomic E-state index is 0.475. The summed E-state index contributed by atoms with van der Waals surface area (Å²) in [5.41, 5.74) is 12.8. The minimum absolute atomic E-state index is 0.475. The summed E-state index contributed by atoms with van der Waals surface area (Å²) in [7, 11) is 0. The number of hydrogen-bond donors (Lipinski definition) is 2. The van der Waals surface area contributed by atoms with E-state index in [1.165, 1.54) is 38.0 Å². The maximum atomic E-state index is 8.85. The Kier molecular flexibility index (Phi) is 5.62. The monoisotopic (exact) mass is 576 g/mol. The van der Waals surface area contributed by atoms with Crippen molar-refractivity contribution >= 4 is 65.8 Å². The molecule has 2 heterocycles. The van der Waals surface area contributed by atoms with Crippen molar-refractivity contribution in [1.82, 2.24) is 9.24 Å². The number of fused-ring (bicyclic) bond motifs is 10. The Balaban J connectivity index is 1.48. The molecule has 0 radical (unpaired) electrons. The van der Waals surface area contributed by atoms with E-state index >= 15 is 0 Å². The Bertz CT molecular complexity index is 2560. The van der Waals surface area contributed by atoms with Gasteiger partial charge in [-0.05, 0) is 30.3 Å². The Morgan fingerprint density at radius 2 is 1.04 bits per heavy atom.